The zero-order valence-electron chi connectivity index (χ0n) is 33.1. The van der Waals surface area contributed by atoms with Gasteiger partial charge in [-0.3, -0.25) is 18.9 Å². The Bertz CT molecular complexity index is 3480. The molecule has 0 spiro atoms. The average Bonchev–Trinajstić information content (AvgIpc) is 3.83. The van der Waals surface area contributed by atoms with Gasteiger partial charge in [0.1, 0.15) is 23.3 Å². The van der Waals surface area contributed by atoms with Crippen molar-refractivity contribution in [1.82, 2.24) is 19.1 Å². The molecule has 2 aliphatic heterocycles. The summed E-state index contributed by atoms with van der Waals surface area (Å²) in [4.78, 5) is 20.9. The van der Waals surface area contributed by atoms with E-state index in [1.807, 2.05) is 23.5 Å². The third kappa shape index (κ3) is 5.19. The summed E-state index contributed by atoms with van der Waals surface area (Å²) in [5, 5.41) is 4.69. The molecule has 6 nitrogen and oxygen atoms in total. The van der Waals surface area contributed by atoms with Gasteiger partial charge in [-0.1, -0.05) is 140 Å². The highest BCUT2D eigenvalue weighted by Crippen LogP contribution is 2.52. The van der Waals surface area contributed by atoms with Gasteiger partial charge in [0.05, 0.1) is 39.1 Å². The molecule has 6 heterocycles. The Balaban J connectivity index is 1.08. The van der Waals surface area contributed by atoms with Crippen LogP contribution in [0, 0.1) is 5.92 Å². The topological polar surface area (TPSA) is 42.1 Å². The van der Waals surface area contributed by atoms with E-state index in [0.717, 1.165) is 63.1 Å². The molecular formula is C53H36N6S2. The average molecular weight is 821 g/mol. The molecule has 0 radical (unpaired) electrons. The number of benzene rings is 6. The van der Waals surface area contributed by atoms with Gasteiger partial charge in [0, 0.05) is 52.8 Å². The van der Waals surface area contributed by atoms with Gasteiger partial charge in [-0.25, -0.2) is 9.97 Å². The van der Waals surface area contributed by atoms with Crippen molar-refractivity contribution in [1.29, 1.82) is 0 Å². The largest absolute Gasteiger partial charge is 0.296 e. The monoisotopic (exact) mass is 820 g/mol. The SMILES string of the molecule is CC1CC=CC2=C1N(c1cccc(-n3c4ccccc4c4ccc5c6ccccc6n(-c6cccc(N7c8ccccc8Sc8ccccc87)n6)c5c43)n1)c1ccccc1S2. The molecule has 1 unspecified atom stereocenters. The first-order valence-electron chi connectivity index (χ1n) is 20.7. The van der Waals surface area contributed by atoms with Crippen LogP contribution in [-0.4, -0.2) is 19.1 Å². The Morgan fingerprint density at radius 1 is 0.443 bits per heavy atom. The predicted octanol–water partition coefficient (Wildman–Crippen LogP) is 14.7. The number of anilines is 5. The maximum Gasteiger partial charge on any atom is 0.140 e. The van der Waals surface area contributed by atoms with Gasteiger partial charge in [0.2, 0.25) is 0 Å². The molecule has 4 aromatic heterocycles. The molecule has 0 fully saturated rings. The second-order valence-electron chi connectivity index (χ2n) is 15.8. The van der Waals surface area contributed by atoms with Crippen molar-refractivity contribution in [2.45, 2.75) is 28.0 Å². The highest BCUT2D eigenvalue weighted by atomic mass is 32.2. The number of rotatable bonds is 4. The first-order valence-corrected chi connectivity index (χ1v) is 22.4. The van der Waals surface area contributed by atoms with Gasteiger partial charge in [-0.15, -0.1) is 0 Å². The van der Waals surface area contributed by atoms with Gasteiger partial charge in [0.15, 0.2) is 0 Å². The maximum atomic E-state index is 5.63. The first kappa shape index (κ1) is 34.8. The molecule has 10 aromatic rings. The summed E-state index contributed by atoms with van der Waals surface area (Å²) >= 11 is 3.67. The third-order valence-electron chi connectivity index (χ3n) is 12.3. The van der Waals surface area contributed by atoms with Gasteiger partial charge >= 0.3 is 0 Å². The van der Waals surface area contributed by atoms with Crippen molar-refractivity contribution < 1.29 is 0 Å². The molecule has 3 aliphatic rings. The van der Waals surface area contributed by atoms with Crippen molar-refractivity contribution in [2.75, 3.05) is 9.80 Å². The molecule has 13 rings (SSSR count). The molecule has 290 valence electrons. The number of para-hydroxylation sites is 5. The Morgan fingerprint density at radius 2 is 0.902 bits per heavy atom. The molecular weight excluding hydrogens is 785 g/mol. The fourth-order valence-corrected chi connectivity index (χ4v) is 12.0. The van der Waals surface area contributed by atoms with E-state index in [1.54, 1.807) is 0 Å². The second kappa shape index (κ2) is 13.5. The number of allylic oxidation sites excluding steroid dienone is 3. The highest BCUT2D eigenvalue weighted by Gasteiger charge is 2.32. The highest BCUT2D eigenvalue weighted by molar-refractivity contribution is 8.03. The van der Waals surface area contributed by atoms with Crippen molar-refractivity contribution in [2.24, 2.45) is 5.92 Å². The summed E-state index contributed by atoms with van der Waals surface area (Å²) < 4.78 is 4.76. The number of hydrogen-bond donors (Lipinski definition) is 0. The van der Waals surface area contributed by atoms with Gasteiger partial charge in [-0.2, -0.15) is 0 Å². The van der Waals surface area contributed by atoms with E-state index < -0.39 is 0 Å². The fraction of sp³-hybridized carbons (Fsp3) is 0.0566. The Labute approximate surface area is 361 Å². The van der Waals surface area contributed by atoms with E-state index in [-0.39, 0.29) is 0 Å². The van der Waals surface area contributed by atoms with Crippen LogP contribution in [0.1, 0.15) is 13.3 Å². The van der Waals surface area contributed by atoms with Gasteiger partial charge < -0.3 is 0 Å². The summed E-state index contributed by atoms with van der Waals surface area (Å²) in [5.74, 6) is 3.85. The van der Waals surface area contributed by atoms with Crippen LogP contribution in [0.3, 0.4) is 0 Å². The maximum absolute atomic E-state index is 5.63. The lowest BCUT2D eigenvalue weighted by Crippen LogP contribution is -2.27. The summed E-state index contributed by atoms with van der Waals surface area (Å²) in [6.07, 6.45) is 5.60. The smallest absolute Gasteiger partial charge is 0.140 e. The van der Waals surface area contributed by atoms with Gasteiger partial charge in [-0.05, 0) is 79.2 Å². The van der Waals surface area contributed by atoms with Crippen molar-refractivity contribution >= 4 is 95.8 Å². The molecule has 6 aromatic carbocycles. The number of nitrogens with zero attached hydrogens (tertiary/aromatic N) is 6. The molecule has 0 saturated heterocycles. The van der Waals surface area contributed by atoms with Crippen molar-refractivity contribution in [3.05, 3.63) is 193 Å². The Kier molecular flexibility index (Phi) is 7.71. The summed E-state index contributed by atoms with van der Waals surface area (Å²) in [6, 6.07) is 60.9. The van der Waals surface area contributed by atoms with Crippen LogP contribution in [0.5, 0.6) is 0 Å². The van der Waals surface area contributed by atoms with Crippen LogP contribution in [0.2, 0.25) is 0 Å². The first-order chi connectivity index (χ1) is 30.2. The molecule has 0 N–H and O–H groups in total. The lowest BCUT2D eigenvalue weighted by molar-refractivity contribution is 0.663. The normalized spacial score (nSPS) is 15.7. The summed E-state index contributed by atoms with van der Waals surface area (Å²) in [5.41, 5.74) is 9.14. The molecule has 0 bridgehead atoms. The van der Waals surface area contributed by atoms with Gasteiger partial charge in [0.25, 0.3) is 0 Å². The minimum atomic E-state index is 0.351. The van der Waals surface area contributed by atoms with Crippen LogP contribution in [0.4, 0.5) is 28.7 Å². The molecule has 8 heteroatoms. The Hall–Kier alpha value is -7.00. The number of aromatic nitrogens is 4. The number of pyridine rings is 2. The van der Waals surface area contributed by atoms with E-state index >= 15 is 0 Å². The van der Waals surface area contributed by atoms with Crippen LogP contribution in [0.15, 0.2) is 207 Å². The lowest BCUT2D eigenvalue weighted by atomic mass is 9.96. The fourth-order valence-electron chi connectivity index (χ4n) is 9.71. The lowest BCUT2D eigenvalue weighted by Gasteiger charge is -2.38. The molecule has 0 saturated carbocycles. The predicted molar refractivity (Wildman–Crippen MR) is 254 cm³/mol. The number of thioether (sulfide) groups is 1. The Morgan fingerprint density at radius 3 is 1.48 bits per heavy atom. The quantitative estimate of drug-likeness (QED) is 0.176. The second-order valence-corrected chi connectivity index (χ2v) is 18.0. The minimum Gasteiger partial charge on any atom is -0.296 e. The van der Waals surface area contributed by atoms with E-state index in [4.69, 9.17) is 9.97 Å². The number of fused-ring (bicyclic) bond motifs is 10. The van der Waals surface area contributed by atoms with Crippen molar-refractivity contribution in [3.63, 3.8) is 0 Å². The van der Waals surface area contributed by atoms with Crippen LogP contribution in [-0.2, 0) is 0 Å². The van der Waals surface area contributed by atoms with Crippen LogP contribution >= 0.6 is 23.5 Å². The molecule has 0 amide bonds. The van der Waals surface area contributed by atoms with E-state index in [0.29, 0.717) is 5.92 Å². The van der Waals surface area contributed by atoms with Crippen molar-refractivity contribution in [3.8, 4) is 11.6 Å². The van der Waals surface area contributed by atoms with E-state index in [9.17, 15) is 0 Å². The summed E-state index contributed by atoms with van der Waals surface area (Å²) in [6.45, 7) is 2.33. The van der Waals surface area contributed by atoms with E-state index in [1.165, 1.54) is 52.5 Å². The standard InChI is InChI=1S/C53H36N6S2/c1-33-15-12-26-46-51(33)59(42-22-8-11-25-45(42)61-46)50-30-14-29-49(55-50)58-39-19-5-3-17-35(39)37-32-31-36-34-16-2-4-18-38(34)57(52(36)53(37)58)48-28-13-27-47(54-48)56-40-20-6-9-23-43(40)60-44-24-10-7-21-41(44)56/h2-14,16-33H,15H2,1H3. The van der Waals surface area contributed by atoms with Crippen LogP contribution in [0.25, 0.3) is 55.2 Å². The molecule has 1 atom stereocenters. The number of hydrogen-bond acceptors (Lipinski definition) is 6. The summed E-state index contributed by atoms with van der Waals surface area (Å²) in [7, 11) is 0. The zero-order chi connectivity index (χ0) is 40.2. The minimum absolute atomic E-state index is 0.351. The van der Waals surface area contributed by atoms with Crippen LogP contribution < -0.4 is 9.80 Å². The zero-order valence-corrected chi connectivity index (χ0v) is 34.7. The molecule has 1 aliphatic carbocycles. The van der Waals surface area contributed by atoms with E-state index in [2.05, 4.69) is 208 Å². The third-order valence-corrected chi connectivity index (χ3v) is 14.6. The molecule has 61 heavy (non-hydrogen) atoms.